The van der Waals surface area contributed by atoms with E-state index in [0.29, 0.717) is 34.9 Å². The van der Waals surface area contributed by atoms with Crippen molar-refractivity contribution in [2.24, 2.45) is 0 Å². The third kappa shape index (κ3) is 6.48. The van der Waals surface area contributed by atoms with Crippen molar-refractivity contribution in [3.8, 4) is 17.1 Å². The van der Waals surface area contributed by atoms with E-state index in [-0.39, 0.29) is 12.6 Å². The van der Waals surface area contributed by atoms with Crippen LogP contribution in [0.15, 0.2) is 59.5 Å². The summed E-state index contributed by atoms with van der Waals surface area (Å²) in [5.41, 5.74) is 2.55. The molecule has 34 heavy (non-hydrogen) atoms. The zero-order chi connectivity index (χ0) is 24.5. The van der Waals surface area contributed by atoms with Crippen molar-refractivity contribution in [3.05, 3.63) is 60.6 Å². The third-order valence-electron chi connectivity index (χ3n) is 5.07. The number of aromatic nitrogens is 1. The van der Waals surface area contributed by atoms with Crippen molar-refractivity contribution in [3.63, 3.8) is 0 Å². The summed E-state index contributed by atoms with van der Waals surface area (Å²) >= 11 is 0. The SMILES string of the molecule is CC[C@H](CO)OC(=O)N[C@H](C)c1cccc(NC(=O)Nc2ccc(-c3cnco3)c(OC)c2)c1. The normalized spacial score (nSPS) is 12.4. The molecule has 0 radical (unpaired) electrons. The van der Waals surface area contributed by atoms with E-state index < -0.39 is 18.2 Å². The van der Waals surface area contributed by atoms with Crippen LogP contribution in [0.3, 0.4) is 0 Å². The number of rotatable bonds is 9. The molecule has 0 spiro atoms. The molecule has 4 N–H and O–H groups in total. The molecule has 180 valence electrons. The molecule has 3 rings (SSSR count). The van der Waals surface area contributed by atoms with Gasteiger partial charge in [-0.15, -0.1) is 0 Å². The first kappa shape index (κ1) is 24.6. The molecule has 0 aliphatic carbocycles. The van der Waals surface area contributed by atoms with Gasteiger partial charge < -0.3 is 34.9 Å². The van der Waals surface area contributed by atoms with E-state index in [9.17, 15) is 14.7 Å². The minimum atomic E-state index is -0.618. The summed E-state index contributed by atoms with van der Waals surface area (Å²) < 4.78 is 15.9. The summed E-state index contributed by atoms with van der Waals surface area (Å²) in [5, 5.41) is 17.4. The van der Waals surface area contributed by atoms with Gasteiger partial charge in [0.05, 0.1) is 31.5 Å². The third-order valence-corrected chi connectivity index (χ3v) is 5.07. The maximum atomic E-state index is 12.5. The molecule has 2 aromatic carbocycles. The van der Waals surface area contributed by atoms with Crippen molar-refractivity contribution >= 4 is 23.5 Å². The molecule has 3 aromatic rings. The van der Waals surface area contributed by atoms with Crippen molar-refractivity contribution in [1.82, 2.24) is 10.3 Å². The van der Waals surface area contributed by atoms with Crippen LogP contribution in [0.4, 0.5) is 21.0 Å². The molecule has 0 saturated heterocycles. The van der Waals surface area contributed by atoms with E-state index in [1.807, 2.05) is 13.0 Å². The molecule has 10 heteroatoms. The Morgan fingerprint density at radius 2 is 1.91 bits per heavy atom. The molecule has 10 nitrogen and oxygen atoms in total. The molecule has 0 unspecified atom stereocenters. The summed E-state index contributed by atoms with van der Waals surface area (Å²) in [6.45, 7) is 3.38. The number of nitrogens with one attached hydrogen (secondary N) is 3. The highest BCUT2D eigenvalue weighted by atomic mass is 16.6. The number of anilines is 2. The number of hydrogen-bond acceptors (Lipinski definition) is 7. The van der Waals surface area contributed by atoms with Gasteiger partial charge in [0.25, 0.3) is 0 Å². The van der Waals surface area contributed by atoms with Gasteiger partial charge in [-0.3, -0.25) is 0 Å². The maximum Gasteiger partial charge on any atom is 0.407 e. The van der Waals surface area contributed by atoms with Crippen molar-refractivity contribution < 1.29 is 28.6 Å². The lowest BCUT2D eigenvalue weighted by Gasteiger charge is -2.18. The van der Waals surface area contributed by atoms with Gasteiger partial charge in [-0.2, -0.15) is 0 Å². The fourth-order valence-electron chi connectivity index (χ4n) is 3.20. The van der Waals surface area contributed by atoms with Crippen LogP contribution in [-0.4, -0.2) is 42.0 Å². The lowest BCUT2D eigenvalue weighted by Crippen LogP contribution is -2.32. The van der Waals surface area contributed by atoms with Gasteiger partial charge in [0.2, 0.25) is 0 Å². The number of amides is 3. The van der Waals surface area contributed by atoms with E-state index in [1.165, 1.54) is 13.5 Å². The number of nitrogens with zero attached hydrogens (tertiary/aromatic N) is 1. The zero-order valence-corrected chi connectivity index (χ0v) is 19.2. The van der Waals surface area contributed by atoms with Gasteiger partial charge in [-0.25, -0.2) is 14.6 Å². The Morgan fingerprint density at radius 1 is 1.15 bits per heavy atom. The molecule has 1 heterocycles. The highest BCUT2D eigenvalue weighted by Crippen LogP contribution is 2.32. The Labute approximate surface area is 197 Å². The van der Waals surface area contributed by atoms with Gasteiger partial charge in [0.1, 0.15) is 11.9 Å². The van der Waals surface area contributed by atoms with Crippen LogP contribution in [0.2, 0.25) is 0 Å². The largest absolute Gasteiger partial charge is 0.496 e. The predicted molar refractivity (Wildman–Crippen MR) is 127 cm³/mol. The smallest absolute Gasteiger partial charge is 0.407 e. The average Bonchev–Trinajstić information content (AvgIpc) is 3.37. The van der Waals surface area contributed by atoms with E-state index >= 15 is 0 Å². The number of aliphatic hydroxyl groups is 1. The maximum absolute atomic E-state index is 12.5. The first-order valence-electron chi connectivity index (χ1n) is 10.8. The number of hydrogen-bond donors (Lipinski definition) is 4. The topological polar surface area (TPSA) is 135 Å². The van der Waals surface area contributed by atoms with Gasteiger partial charge >= 0.3 is 12.1 Å². The van der Waals surface area contributed by atoms with Crippen molar-refractivity contribution in [1.29, 1.82) is 0 Å². The van der Waals surface area contributed by atoms with E-state index in [4.69, 9.17) is 13.9 Å². The second-order valence-electron chi connectivity index (χ2n) is 7.47. The number of urea groups is 1. The number of benzene rings is 2. The van der Waals surface area contributed by atoms with E-state index in [1.54, 1.807) is 49.5 Å². The van der Waals surface area contributed by atoms with Crippen LogP contribution in [0.5, 0.6) is 5.75 Å². The minimum absolute atomic E-state index is 0.235. The molecule has 0 aliphatic heterocycles. The molecule has 0 aliphatic rings. The van der Waals surface area contributed by atoms with Crippen molar-refractivity contribution in [2.75, 3.05) is 24.4 Å². The van der Waals surface area contributed by atoms with Gasteiger partial charge in [0, 0.05) is 17.4 Å². The van der Waals surface area contributed by atoms with Gasteiger partial charge in [-0.05, 0) is 43.2 Å². The summed E-state index contributed by atoms with van der Waals surface area (Å²) in [4.78, 5) is 28.5. The van der Waals surface area contributed by atoms with Crippen molar-refractivity contribution in [2.45, 2.75) is 32.4 Å². The first-order chi connectivity index (χ1) is 16.4. The summed E-state index contributed by atoms with van der Waals surface area (Å²) in [6, 6.07) is 11.4. The molecule has 2 atom stereocenters. The molecule has 0 saturated carbocycles. The number of carbonyl (C=O) groups excluding carboxylic acids is 2. The molecular weight excluding hydrogens is 440 g/mol. The second kappa shape index (κ2) is 11.7. The molecule has 1 aromatic heterocycles. The summed E-state index contributed by atoms with van der Waals surface area (Å²) in [5.74, 6) is 1.08. The average molecular weight is 469 g/mol. The quantitative estimate of drug-likeness (QED) is 0.362. The van der Waals surface area contributed by atoms with E-state index in [2.05, 4.69) is 20.9 Å². The van der Waals surface area contributed by atoms with Gasteiger partial charge in [0.15, 0.2) is 12.2 Å². The summed E-state index contributed by atoms with van der Waals surface area (Å²) in [7, 11) is 1.53. The van der Waals surface area contributed by atoms with Gasteiger partial charge in [-0.1, -0.05) is 19.1 Å². The minimum Gasteiger partial charge on any atom is -0.496 e. The fourth-order valence-corrected chi connectivity index (χ4v) is 3.20. The lowest BCUT2D eigenvalue weighted by atomic mass is 10.1. The molecular formula is C24H28N4O6. The van der Waals surface area contributed by atoms with Crippen LogP contribution in [0.25, 0.3) is 11.3 Å². The highest BCUT2D eigenvalue weighted by molar-refractivity contribution is 6.00. The Kier molecular flexibility index (Phi) is 8.47. The van der Waals surface area contributed by atoms with Crippen LogP contribution in [0, 0.1) is 0 Å². The number of carbonyl (C=O) groups is 2. The fraction of sp³-hybridized carbons (Fsp3) is 0.292. The Hall–Kier alpha value is -4.05. The molecule has 0 bridgehead atoms. The number of ether oxygens (including phenoxy) is 2. The highest BCUT2D eigenvalue weighted by Gasteiger charge is 2.16. The monoisotopic (exact) mass is 468 g/mol. The number of methoxy groups -OCH3 is 1. The molecule has 3 amide bonds. The van der Waals surface area contributed by atoms with Crippen LogP contribution in [0.1, 0.15) is 31.9 Å². The first-order valence-corrected chi connectivity index (χ1v) is 10.8. The van der Waals surface area contributed by atoms with E-state index in [0.717, 1.165) is 5.56 Å². The molecule has 0 fully saturated rings. The number of aliphatic hydroxyl groups excluding tert-OH is 1. The standard InChI is InChI=1S/C24H28N4O6/c1-4-19(13-29)34-24(31)26-15(2)16-6-5-7-17(10-16)27-23(30)28-18-8-9-20(21(11-18)32-3)22-12-25-14-33-22/h5-12,14-15,19,29H,4,13H2,1-3H3,(H,26,31)(H2,27,28,30)/t15-,19-/m1/s1. The predicted octanol–water partition coefficient (Wildman–Crippen LogP) is 4.55. The van der Waals surface area contributed by atoms with Crippen LogP contribution >= 0.6 is 0 Å². The number of alkyl carbamates (subject to hydrolysis) is 1. The Bertz CT molecular complexity index is 1100. The number of oxazole rings is 1. The lowest BCUT2D eigenvalue weighted by molar-refractivity contribution is 0.0539. The second-order valence-corrected chi connectivity index (χ2v) is 7.47. The summed E-state index contributed by atoms with van der Waals surface area (Å²) in [6.07, 6.45) is 2.26. The van der Waals surface area contributed by atoms with Crippen LogP contribution < -0.4 is 20.7 Å². The Morgan fingerprint density at radius 3 is 2.56 bits per heavy atom. The Balaban J connectivity index is 1.61. The van der Waals surface area contributed by atoms with Crippen LogP contribution in [-0.2, 0) is 4.74 Å². The zero-order valence-electron chi connectivity index (χ0n) is 19.2.